The number of H-pyrrole nitrogens is 2. The van der Waals surface area contributed by atoms with Crippen molar-refractivity contribution in [2.45, 2.75) is 12.8 Å². The first-order chi connectivity index (χ1) is 11.7. The van der Waals surface area contributed by atoms with Gasteiger partial charge in [0.15, 0.2) is 22.7 Å². The first kappa shape index (κ1) is 14.3. The molecule has 1 aliphatic heterocycles. The summed E-state index contributed by atoms with van der Waals surface area (Å²) >= 11 is 0. The molecule has 10 heteroatoms. The molecule has 24 heavy (non-hydrogen) atoms. The molecule has 0 aliphatic carbocycles. The average molecular weight is 326 g/mol. The maximum absolute atomic E-state index is 12.2. The number of aromatic amines is 2. The summed E-state index contributed by atoms with van der Waals surface area (Å²) in [6.07, 6.45) is 3.64. The van der Waals surface area contributed by atoms with Crippen LogP contribution in [0.1, 0.15) is 23.3 Å². The van der Waals surface area contributed by atoms with Crippen LogP contribution in [0.5, 0.6) is 0 Å². The van der Waals surface area contributed by atoms with Gasteiger partial charge in [0.25, 0.3) is 11.5 Å². The second-order valence-corrected chi connectivity index (χ2v) is 5.44. The number of rotatable bonds is 3. The van der Waals surface area contributed by atoms with E-state index in [-0.39, 0.29) is 22.8 Å². The van der Waals surface area contributed by atoms with Gasteiger partial charge < -0.3 is 9.88 Å². The molecule has 122 valence electrons. The summed E-state index contributed by atoms with van der Waals surface area (Å²) in [6, 6.07) is 3.36. The van der Waals surface area contributed by atoms with Crippen LogP contribution in [0.3, 0.4) is 0 Å². The highest BCUT2D eigenvalue weighted by atomic mass is 16.2. The van der Waals surface area contributed by atoms with E-state index in [1.807, 2.05) is 0 Å². The fraction of sp³-hybridized carbons (Fsp3) is 0.286. The number of carbonyl (C=O) groups excluding carboxylic acids is 1. The molecule has 1 fully saturated rings. The lowest BCUT2D eigenvalue weighted by atomic mass is 10.3. The molecule has 0 spiro atoms. The minimum absolute atomic E-state index is 0.00928. The van der Waals surface area contributed by atoms with Crippen LogP contribution in [0, 0.1) is 0 Å². The van der Waals surface area contributed by atoms with Crippen molar-refractivity contribution in [2.24, 2.45) is 0 Å². The van der Waals surface area contributed by atoms with Gasteiger partial charge >= 0.3 is 0 Å². The molecule has 0 bridgehead atoms. The van der Waals surface area contributed by atoms with Crippen molar-refractivity contribution in [2.75, 3.05) is 23.3 Å². The van der Waals surface area contributed by atoms with Gasteiger partial charge in [0.1, 0.15) is 0 Å². The molecule has 4 heterocycles. The SMILES string of the molecule is O=C(Nc1nc2nc[nH]c2c(=O)[nH]1)c1ccc(N2CCCC2)nn1. The maximum atomic E-state index is 12.2. The van der Waals surface area contributed by atoms with Crippen molar-refractivity contribution in [3.63, 3.8) is 0 Å². The smallest absolute Gasteiger partial charge is 0.278 e. The molecule has 0 radical (unpaired) electrons. The van der Waals surface area contributed by atoms with E-state index < -0.39 is 11.5 Å². The Morgan fingerprint density at radius 1 is 1.21 bits per heavy atom. The van der Waals surface area contributed by atoms with Gasteiger partial charge in [-0.1, -0.05) is 0 Å². The quantitative estimate of drug-likeness (QED) is 0.630. The third-order valence-electron chi connectivity index (χ3n) is 3.84. The predicted octanol–water partition coefficient (Wildman–Crippen LogP) is 0.289. The van der Waals surface area contributed by atoms with Crippen LogP contribution >= 0.6 is 0 Å². The number of imidazole rings is 1. The van der Waals surface area contributed by atoms with Crippen molar-refractivity contribution in [3.8, 4) is 0 Å². The predicted molar refractivity (Wildman–Crippen MR) is 85.9 cm³/mol. The highest BCUT2D eigenvalue weighted by Crippen LogP contribution is 2.16. The molecular weight excluding hydrogens is 312 g/mol. The summed E-state index contributed by atoms with van der Waals surface area (Å²) in [5.41, 5.74) is 0.207. The van der Waals surface area contributed by atoms with E-state index in [0.29, 0.717) is 0 Å². The van der Waals surface area contributed by atoms with Gasteiger partial charge in [-0.15, -0.1) is 10.2 Å². The summed E-state index contributed by atoms with van der Waals surface area (Å²) in [5.74, 6) is 0.261. The first-order valence-corrected chi connectivity index (χ1v) is 7.54. The van der Waals surface area contributed by atoms with Crippen LogP contribution in [0.4, 0.5) is 11.8 Å². The zero-order chi connectivity index (χ0) is 16.5. The number of anilines is 2. The minimum Gasteiger partial charge on any atom is -0.355 e. The van der Waals surface area contributed by atoms with E-state index in [0.717, 1.165) is 31.7 Å². The lowest BCUT2D eigenvalue weighted by Gasteiger charge is -2.15. The molecule has 0 saturated carbocycles. The van der Waals surface area contributed by atoms with Crippen LogP contribution < -0.4 is 15.8 Å². The van der Waals surface area contributed by atoms with Crippen LogP contribution in [0.25, 0.3) is 11.2 Å². The molecule has 0 aromatic carbocycles. The Bertz CT molecular complexity index is 939. The Morgan fingerprint density at radius 3 is 2.79 bits per heavy atom. The number of nitrogens with zero attached hydrogens (tertiary/aromatic N) is 5. The largest absolute Gasteiger partial charge is 0.355 e. The minimum atomic E-state index is -0.506. The topological polar surface area (TPSA) is 133 Å². The van der Waals surface area contributed by atoms with Gasteiger partial charge in [-0.2, -0.15) is 4.98 Å². The molecule has 1 aliphatic rings. The number of carbonyl (C=O) groups is 1. The molecular formula is C14H14N8O2. The second-order valence-electron chi connectivity index (χ2n) is 5.44. The highest BCUT2D eigenvalue weighted by molar-refractivity contribution is 6.02. The van der Waals surface area contributed by atoms with Gasteiger partial charge in [0.2, 0.25) is 5.95 Å². The Hall–Kier alpha value is -3.30. The number of hydrogen-bond donors (Lipinski definition) is 3. The van der Waals surface area contributed by atoms with Gasteiger partial charge in [0.05, 0.1) is 6.33 Å². The summed E-state index contributed by atoms with van der Waals surface area (Å²) in [4.78, 5) is 39.3. The van der Waals surface area contributed by atoms with Crippen LogP contribution in [-0.2, 0) is 0 Å². The number of amides is 1. The molecule has 3 aromatic rings. The average Bonchev–Trinajstić information content (AvgIpc) is 3.26. The fourth-order valence-corrected chi connectivity index (χ4v) is 2.63. The summed E-state index contributed by atoms with van der Waals surface area (Å²) in [7, 11) is 0. The second kappa shape index (κ2) is 5.72. The van der Waals surface area contributed by atoms with E-state index in [1.165, 1.54) is 6.33 Å². The van der Waals surface area contributed by atoms with Crippen molar-refractivity contribution in [1.29, 1.82) is 0 Å². The monoisotopic (exact) mass is 326 g/mol. The Labute approximate surface area is 135 Å². The number of aromatic nitrogens is 6. The molecule has 3 N–H and O–H groups in total. The van der Waals surface area contributed by atoms with Gasteiger partial charge in [-0.05, 0) is 25.0 Å². The summed E-state index contributed by atoms with van der Waals surface area (Å²) in [5, 5.41) is 10.5. The molecule has 3 aromatic heterocycles. The third-order valence-corrected chi connectivity index (χ3v) is 3.84. The van der Waals surface area contributed by atoms with Crippen molar-refractivity contribution in [3.05, 3.63) is 34.5 Å². The van der Waals surface area contributed by atoms with Crippen molar-refractivity contribution in [1.82, 2.24) is 30.1 Å². The molecule has 1 amide bonds. The number of hydrogen-bond acceptors (Lipinski definition) is 7. The molecule has 0 unspecified atom stereocenters. The standard InChI is InChI=1S/C14H14N8O2/c23-12(8-3-4-9(21-20-8)22-5-1-2-6-22)18-14-17-11-10(13(24)19-14)15-7-16-11/h3-4,7H,1-2,5-6H2,(H3,15,16,17,18,19,23,24). The van der Waals surface area contributed by atoms with E-state index in [4.69, 9.17) is 0 Å². The zero-order valence-electron chi connectivity index (χ0n) is 12.6. The Kier molecular flexibility index (Phi) is 3.41. The number of nitrogens with one attached hydrogen (secondary N) is 3. The highest BCUT2D eigenvalue weighted by Gasteiger charge is 2.16. The lowest BCUT2D eigenvalue weighted by Crippen LogP contribution is -2.22. The Balaban J connectivity index is 1.53. The van der Waals surface area contributed by atoms with Crippen LogP contribution in [-0.4, -0.2) is 49.1 Å². The lowest BCUT2D eigenvalue weighted by molar-refractivity contribution is 0.102. The molecule has 10 nitrogen and oxygen atoms in total. The van der Waals surface area contributed by atoms with Gasteiger partial charge in [-0.3, -0.25) is 19.9 Å². The van der Waals surface area contributed by atoms with Crippen molar-refractivity contribution >= 4 is 28.8 Å². The molecule has 0 atom stereocenters. The zero-order valence-corrected chi connectivity index (χ0v) is 12.6. The van der Waals surface area contributed by atoms with E-state index >= 15 is 0 Å². The third kappa shape index (κ3) is 2.57. The maximum Gasteiger partial charge on any atom is 0.278 e. The first-order valence-electron chi connectivity index (χ1n) is 7.54. The van der Waals surface area contributed by atoms with E-state index in [1.54, 1.807) is 12.1 Å². The van der Waals surface area contributed by atoms with Crippen LogP contribution in [0.15, 0.2) is 23.3 Å². The summed E-state index contributed by atoms with van der Waals surface area (Å²) in [6.45, 7) is 1.91. The summed E-state index contributed by atoms with van der Waals surface area (Å²) < 4.78 is 0. The normalized spacial score (nSPS) is 14.2. The van der Waals surface area contributed by atoms with Crippen LogP contribution in [0.2, 0.25) is 0 Å². The fourth-order valence-electron chi connectivity index (χ4n) is 2.63. The Morgan fingerprint density at radius 2 is 2.04 bits per heavy atom. The molecule has 4 rings (SSSR count). The number of fused-ring (bicyclic) bond motifs is 1. The van der Waals surface area contributed by atoms with E-state index in [2.05, 4.69) is 40.3 Å². The van der Waals surface area contributed by atoms with E-state index in [9.17, 15) is 9.59 Å². The van der Waals surface area contributed by atoms with Gasteiger partial charge in [0, 0.05) is 13.1 Å². The van der Waals surface area contributed by atoms with Crippen molar-refractivity contribution < 1.29 is 4.79 Å². The van der Waals surface area contributed by atoms with Gasteiger partial charge in [-0.25, -0.2) is 4.98 Å². The molecule has 1 saturated heterocycles.